The summed E-state index contributed by atoms with van der Waals surface area (Å²) in [6.45, 7) is 2.58. The molecule has 1 heterocycles. The Morgan fingerprint density at radius 3 is 2.56 bits per heavy atom. The molecule has 0 bridgehead atoms. The summed E-state index contributed by atoms with van der Waals surface area (Å²) < 4.78 is 26.4. The van der Waals surface area contributed by atoms with E-state index in [0.29, 0.717) is 5.56 Å². The first-order chi connectivity index (χ1) is 8.22. The first kappa shape index (κ1) is 15.1. The summed E-state index contributed by atoms with van der Waals surface area (Å²) >= 11 is 0. The van der Waals surface area contributed by atoms with E-state index in [2.05, 4.69) is 5.32 Å². The molecule has 3 nitrogen and oxygen atoms in total. The number of aromatic hydroxyl groups is 1. The summed E-state index contributed by atoms with van der Waals surface area (Å²) in [6.07, 6.45) is 0. The minimum Gasteiger partial charge on any atom is -0.505 e. The number of nitrogens with one attached hydrogen (secondary N) is 1. The lowest BCUT2D eigenvalue weighted by Crippen LogP contribution is -2.45. The Bertz CT molecular complexity index is 386. The van der Waals surface area contributed by atoms with Crippen molar-refractivity contribution in [1.82, 2.24) is 10.2 Å². The van der Waals surface area contributed by atoms with Gasteiger partial charge in [-0.2, -0.15) is 0 Å². The van der Waals surface area contributed by atoms with Gasteiger partial charge in [-0.3, -0.25) is 4.90 Å². The molecule has 0 saturated carbocycles. The van der Waals surface area contributed by atoms with E-state index in [0.717, 1.165) is 26.2 Å². The number of rotatable bonds is 3. The van der Waals surface area contributed by atoms with E-state index in [-0.39, 0.29) is 12.4 Å². The van der Waals surface area contributed by atoms with Crippen LogP contribution in [0.2, 0.25) is 0 Å². The Morgan fingerprint density at radius 2 is 2.00 bits per heavy atom. The van der Waals surface area contributed by atoms with Crippen molar-refractivity contribution in [3.63, 3.8) is 0 Å². The van der Waals surface area contributed by atoms with Gasteiger partial charge in [-0.15, -0.1) is 12.4 Å². The molecule has 1 aromatic carbocycles. The Labute approximate surface area is 111 Å². The Balaban J connectivity index is 0.00000162. The van der Waals surface area contributed by atoms with E-state index in [1.807, 2.05) is 4.90 Å². The predicted octanol–water partition coefficient (Wildman–Crippen LogP) is 1.87. The summed E-state index contributed by atoms with van der Waals surface area (Å²) in [5.74, 6) is -1.09. The maximum atomic E-state index is 13.2. The Morgan fingerprint density at radius 1 is 1.33 bits per heavy atom. The van der Waals surface area contributed by atoms with E-state index in [1.54, 1.807) is 6.07 Å². The number of hydrogen-bond donors (Lipinski definition) is 2. The molecule has 1 saturated heterocycles. The fourth-order valence-electron chi connectivity index (χ4n) is 2.12. The topological polar surface area (TPSA) is 35.5 Å². The van der Waals surface area contributed by atoms with E-state index in [4.69, 9.17) is 5.11 Å². The van der Waals surface area contributed by atoms with Gasteiger partial charge in [0.1, 0.15) is 6.67 Å². The van der Waals surface area contributed by atoms with Gasteiger partial charge in [-0.25, -0.2) is 8.78 Å². The standard InChI is InChI=1S/C12H16F2N2O.ClH/c13-8-11(16-5-3-15-4-6-16)9-1-2-12(17)10(14)7-9;/h1-2,7,11,15,17H,3-6,8H2;1H/t11-;/m1./s1. The van der Waals surface area contributed by atoms with Gasteiger partial charge >= 0.3 is 0 Å². The predicted molar refractivity (Wildman–Crippen MR) is 68.5 cm³/mol. The molecule has 0 unspecified atom stereocenters. The number of piperazine rings is 1. The van der Waals surface area contributed by atoms with Crippen LogP contribution in [-0.4, -0.2) is 42.9 Å². The van der Waals surface area contributed by atoms with Gasteiger partial charge in [0.2, 0.25) is 0 Å². The van der Waals surface area contributed by atoms with Crippen molar-refractivity contribution in [3.8, 4) is 5.75 Å². The van der Waals surface area contributed by atoms with Gasteiger partial charge in [0, 0.05) is 26.2 Å². The monoisotopic (exact) mass is 278 g/mol. The highest BCUT2D eigenvalue weighted by molar-refractivity contribution is 5.85. The van der Waals surface area contributed by atoms with Crippen LogP contribution in [-0.2, 0) is 0 Å². The Hall–Kier alpha value is -0.910. The van der Waals surface area contributed by atoms with Gasteiger partial charge in [0.25, 0.3) is 0 Å². The second-order valence-corrected chi connectivity index (χ2v) is 4.17. The molecule has 18 heavy (non-hydrogen) atoms. The maximum absolute atomic E-state index is 13.2. The van der Waals surface area contributed by atoms with Gasteiger partial charge < -0.3 is 10.4 Å². The molecule has 0 spiro atoms. The van der Waals surface area contributed by atoms with Crippen LogP contribution in [0.1, 0.15) is 11.6 Å². The van der Waals surface area contributed by atoms with Crippen LogP contribution in [0.15, 0.2) is 18.2 Å². The van der Waals surface area contributed by atoms with Crippen molar-refractivity contribution >= 4 is 12.4 Å². The van der Waals surface area contributed by atoms with Gasteiger partial charge in [0.15, 0.2) is 11.6 Å². The van der Waals surface area contributed by atoms with Crippen molar-refractivity contribution < 1.29 is 13.9 Å². The molecule has 1 atom stereocenters. The number of halogens is 3. The third-order valence-corrected chi connectivity index (χ3v) is 3.10. The minimum absolute atomic E-state index is 0. The molecule has 0 aromatic heterocycles. The molecule has 1 aromatic rings. The van der Waals surface area contributed by atoms with Gasteiger partial charge in [-0.1, -0.05) is 6.07 Å². The highest BCUT2D eigenvalue weighted by Gasteiger charge is 2.22. The van der Waals surface area contributed by atoms with Crippen LogP contribution in [0.25, 0.3) is 0 Å². The number of alkyl halides is 1. The van der Waals surface area contributed by atoms with Crippen LogP contribution in [0.3, 0.4) is 0 Å². The molecule has 0 radical (unpaired) electrons. The number of nitrogens with zero attached hydrogens (tertiary/aromatic N) is 1. The lowest BCUT2D eigenvalue weighted by atomic mass is 10.1. The zero-order valence-corrected chi connectivity index (χ0v) is 10.7. The molecule has 0 amide bonds. The molecular weight excluding hydrogens is 262 g/mol. The highest BCUT2D eigenvalue weighted by atomic mass is 35.5. The molecule has 6 heteroatoms. The van der Waals surface area contributed by atoms with Crippen LogP contribution in [0.4, 0.5) is 8.78 Å². The number of benzene rings is 1. The summed E-state index contributed by atoms with van der Waals surface area (Å²) in [5, 5.41) is 12.3. The zero-order chi connectivity index (χ0) is 12.3. The van der Waals surface area contributed by atoms with Crippen molar-refractivity contribution in [2.45, 2.75) is 6.04 Å². The highest BCUT2D eigenvalue weighted by Crippen LogP contribution is 2.25. The SMILES string of the molecule is Cl.Oc1ccc([C@@H](CF)N2CCNCC2)cc1F. The third-order valence-electron chi connectivity index (χ3n) is 3.10. The smallest absolute Gasteiger partial charge is 0.165 e. The molecule has 1 fully saturated rings. The molecule has 1 aliphatic rings. The molecule has 0 aliphatic carbocycles. The zero-order valence-electron chi connectivity index (χ0n) is 9.90. The normalized spacial score (nSPS) is 18.1. The first-order valence-corrected chi connectivity index (χ1v) is 5.71. The average Bonchev–Trinajstić information content (AvgIpc) is 2.36. The van der Waals surface area contributed by atoms with Crippen LogP contribution in [0.5, 0.6) is 5.75 Å². The van der Waals surface area contributed by atoms with Crippen molar-refractivity contribution in [3.05, 3.63) is 29.6 Å². The van der Waals surface area contributed by atoms with Crippen molar-refractivity contribution in [1.29, 1.82) is 0 Å². The van der Waals surface area contributed by atoms with Gasteiger partial charge in [-0.05, 0) is 17.7 Å². The summed E-state index contributed by atoms with van der Waals surface area (Å²) in [7, 11) is 0. The summed E-state index contributed by atoms with van der Waals surface area (Å²) in [5.41, 5.74) is 0.574. The van der Waals surface area contributed by atoms with E-state index in [9.17, 15) is 8.78 Å². The molecule has 1 aliphatic heterocycles. The number of hydrogen-bond acceptors (Lipinski definition) is 3. The van der Waals surface area contributed by atoms with E-state index in [1.165, 1.54) is 12.1 Å². The summed E-state index contributed by atoms with van der Waals surface area (Å²) in [6, 6.07) is 3.63. The Kier molecular flexibility index (Phi) is 5.78. The van der Waals surface area contributed by atoms with E-state index < -0.39 is 24.3 Å². The van der Waals surface area contributed by atoms with Crippen LogP contribution >= 0.6 is 12.4 Å². The van der Waals surface area contributed by atoms with Crippen LogP contribution < -0.4 is 5.32 Å². The van der Waals surface area contributed by atoms with Gasteiger partial charge in [0.05, 0.1) is 6.04 Å². The number of phenolic OH excluding ortho intramolecular Hbond substituents is 1. The molecule has 2 rings (SSSR count). The lowest BCUT2D eigenvalue weighted by molar-refractivity contribution is 0.147. The van der Waals surface area contributed by atoms with E-state index >= 15 is 0 Å². The first-order valence-electron chi connectivity index (χ1n) is 5.71. The quantitative estimate of drug-likeness (QED) is 0.886. The minimum atomic E-state index is -0.698. The molecular formula is C12H17ClF2N2O. The lowest BCUT2D eigenvalue weighted by Gasteiger charge is -2.33. The average molecular weight is 279 g/mol. The second-order valence-electron chi connectivity index (χ2n) is 4.17. The number of phenols is 1. The second kappa shape index (κ2) is 6.87. The van der Waals surface area contributed by atoms with Crippen molar-refractivity contribution in [2.24, 2.45) is 0 Å². The fraction of sp³-hybridized carbons (Fsp3) is 0.500. The van der Waals surface area contributed by atoms with Crippen LogP contribution in [0, 0.1) is 5.82 Å². The third kappa shape index (κ3) is 3.31. The molecule has 102 valence electrons. The molecule has 2 N–H and O–H groups in total. The van der Waals surface area contributed by atoms with Crippen molar-refractivity contribution in [2.75, 3.05) is 32.9 Å². The maximum Gasteiger partial charge on any atom is 0.165 e. The summed E-state index contributed by atoms with van der Waals surface area (Å²) in [4.78, 5) is 1.99. The largest absolute Gasteiger partial charge is 0.505 e. The fourth-order valence-corrected chi connectivity index (χ4v) is 2.12.